The zero-order valence-corrected chi connectivity index (χ0v) is 10.3. The first-order valence-electron chi connectivity index (χ1n) is 5.62. The van der Waals surface area contributed by atoms with Gasteiger partial charge in [0.15, 0.2) is 17.5 Å². The summed E-state index contributed by atoms with van der Waals surface area (Å²) in [6.45, 7) is 1.60. The zero-order valence-electron chi connectivity index (χ0n) is 10.3. The number of furan rings is 1. The molecule has 0 aliphatic carbocycles. The van der Waals surface area contributed by atoms with E-state index in [1.54, 1.807) is 6.92 Å². The molecule has 2 aromatic rings. The number of hydrogen-bond acceptors (Lipinski definition) is 3. The molecule has 106 valence electrons. The third-order valence-corrected chi connectivity index (χ3v) is 2.63. The van der Waals surface area contributed by atoms with Crippen LogP contribution in [0.4, 0.5) is 18.9 Å². The Kier molecular flexibility index (Phi) is 3.69. The van der Waals surface area contributed by atoms with E-state index in [0.717, 1.165) is 12.1 Å². The fraction of sp³-hybridized carbons (Fsp3) is 0.154. The van der Waals surface area contributed by atoms with Crippen LogP contribution in [0, 0.1) is 17.5 Å². The fourth-order valence-electron chi connectivity index (χ4n) is 1.66. The van der Waals surface area contributed by atoms with Crippen LogP contribution in [-0.4, -0.2) is 11.1 Å². The minimum atomic E-state index is -1.55. The summed E-state index contributed by atoms with van der Waals surface area (Å²) in [6.07, 6.45) is 0. The van der Waals surface area contributed by atoms with E-state index in [9.17, 15) is 18.0 Å². The Morgan fingerprint density at radius 2 is 1.85 bits per heavy atom. The molecule has 0 saturated carbocycles. The average molecular weight is 285 g/mol. The van der Waals surface area contributed by atoms with Crippen LogP contribution in [0.5, 0.6) is 0 Å². The Balaban J connectivity index is 2.18. The van der Waals surface area contributed by atoms with E-state index in [-0.39, 0.29) is 17.2 Å². The molecule has 0 spiro atoms. The van der Waals surface area contributed by atoms with Gasteiger partial charge in [0.1, 0.15) is 5.76 Å². The smallest absolute Gasteiger partial charge is 0.371 e. The summed E-state index contributed by atoms with van der Waals surface area (Å²) in [5.41, 5.74) is 0.0159. The Morgan fingerprint density at radius 3 is 2.35 bits per heavy atom. The van der Waals surface area contributed by atoms with Crippen molar-refractivity contribution in [1.82, 2.24) is 0 Å². The summed E-state index contributed by atoms with van der Waals surface area (Å²) in [4.78, 5) is 10.7. The molecular formula is C13H10F3NO3. The molecule has 4 nitrogen and oxygen atoms in total. The van der Waals surface area contributed by atoms with Crippen molar-refractivity contribution in [3.63, 3.8) is 0 Å². The normalized spacial score (nSPS) is 12.2. The van der Waals surface area contributed by atoms with Gasteiger partial charge in [-0.1, -0.05) is 0 Å². The maximum Gasteiger partial charge on any atom is 0.371 e. The number of halogens is 3. The maximum absolute atomic E-state index is 13.0. The second-order valence-electron chi connectivity index (χ2n) is 4.13. The maximum atomic E-state index is 13.0. The number of nitrogens with one attached hydrogen (secondary N) is 1. The summed E-state index contributed by atoms with van der Waals surface area (Å²) >= 11 is 0. The summed E-state index contributed by atoms with van der Waals surface area (Å²) in [7, 11) is 0. The van der Waals surface area contributed by atoms with Crippen LogP contribution >= 0.6 is 0 Å². The van der Waals surface area contributed by atoms with Crippen molar-refractivity contribution < 1.29 is 27.5 Å². The molecular weight excluding hydrogens is 275 g/mol. The highest BCUT2D eigenvalue weighted by atomic mass is 19.2. The van der Waals surface area contributed by atoms with Crippen molar-refractivity contribution in [1.29, 1.82) is 0 Å². The van der Waals surface area contributed by atoms with Gasteiger partial charge in [-0.25, -0.2) is 18.0 Å². The molecule has 0 amide bonds. The Labute approximate surface area is 111 Å². The molecule has 0 aliphatic rings. The third kappa shape index (κ3) is 2.76. The summed E-state index contributed by atoms with van der Waals surface area (Å²) in [5.74, 6) is -5.37. The largest absolute Gasteiger partial charge is 0.475 e. The number of carbonyl (C=O) groups is 1. The molecule has 1 aromatic heterocycles. The highest BCUT2D eigenvalue weighted by molar-refractivity contribution is 5.84. The summed E-state index contributed by atoms with van der Waals surface area (Å²) in [6, 6.07) is 3.75. The van der Waals surface area contributed by atoms with E-state index in [1.165, 1.54) is 12.1 Å². The lowest BCUT2D eigenvalue weighted by Gasteiger charge is -2.13. The Hall–Kier alpha value is -2.44. The molecule has 0 radical (unpaired) electrons. The van der Waals surface area contributed by atoms with Gasteiger partial charge in [0.05, 0.1) is 6.04 Å². The van der Waals surface area contributed by atoms with Crippen LogP contribution in [-0.2, 0) is 0 Å². The van der Waals surface area contributed by atoms with E-state index in [4.69, 9.17) is 9.52 Å². The molecule has 1 atom stereocenters. The molecule has 0 saturated heterocycles. The number of carboxylic acids is 1. The van der Waals surface area contributed by atoms with Gasteiger partial charge < -0.3 is 14.8 Å². The van der Waals surface area contributed by atoms with E-state index < -0.39 is 29.5 Å². The van der Waals surface area contributed by atoms with Crippen molar-refractivity contribution in [2.45, 2.75) is 13.0 Å². The van der Waals surface area contributed by atoms with Gasteiger partial charge >= 0.3 is 5.97 Å². The molecule has 2 rings (SSSR count). The highest BCUT2D eigenvalue weighted by Gasteiger charge is 2.16. The second-order valence-corrected chi connectivity index (χ2v) is 4.13. The average Bonchev–Trinajstić information content (AvgIpc) is 2.85. The first kappa shape index (κ1) is 14.0. The molecule has 0 aliphatic heterocycles. The van der Waals surface area contributed by atoms with E-state index in [1.807, 2.05) is 0 Å². The lowest BCUT2D eigenvalue weighted by molar-refractivity contribution is 0.0660. The van der Waals surface area contributed by atoms with Gasteiger partial charge in [-0.05, 0) is 19.1 Å². The number of aromatic carboxylic acids is 1. The molecule has 1 aromatic carbocycles. The van der Waals surface area contributed by atoms with Crippen LogP contribution in [0.2, 0.25) is 0 Å². The minimum Gasteiger partial charge on any atom is -0.475 e. The van der Waals surface area contributed by atoms with Gasteiger partial charge in [0, 0.05) is 17.8 Å². The minimum absolute atomic E-state index is 0.0159. The van der Waals surface area contributed by atoms with Crippen LogP contribution in [0.1, 0.15) is 29.3 Å². The van der Waals surface area contributed by atoms with Gasteiger partial charge in [-0.15, -0.1) is 0 Å². The third-order valence-electron chi connectivity index (χ3n) is 2.63. The van der Waals surface area contributed by atoms with E-state index in [0.29, 0.717) is 0 Å². The topological polar surface area (TPSA) is 62.5 Å². The molecule has 1 heterocycles. The highest BCUT2D eigenvalue weighted by Crippen LogP contribution is 2.24. The van der Waals surface area contributed by atoms with E-state index >= 15 is 0 Å². The van der Waals surface area contributed by atoms with Crippen molar-refractivity contribution in [3.8, 4) is 0 Å². The lowest BCUT2D eigenvalue weighted by Crippen LogP contribution is -2.07. The van der Waals surface area contributed by atoms with Gasteiger partial charge in [-0.2, -0.15) is 0 Å². The monoisotopic (exact) mass is 285 g/mol. The summed E-state index contributed by atoms with van der Waals surface area (Å²) in [5, 5.41) is 11.4. The molecule has 1 unspecified atom stereocenters. The van der Waals surface area contributed by atoms with Gasteiger partial charge in [0.25, 0.3) is 0 Å². The molecule has 20 heavy (non-hydrogen) atoms. The fourth-order valence-corrected chi connectivity index (χ4v) is 1.66. The van der Waals surface area contributed by atoms with Gasteiger partial charge in [0.2, 0.25) is 5.76 Å². The van der Waals surface area contributed by atoms with Crippen molar-refractivity contribution >= 4 is 11.7 Å². The summed E-state index contributed by atoms with van der Waals surface area (Å²) < 4.78 is 43.9. The van der Waals surface area contributed by atoms with Crippen molar-refractivity contribution in [2.75, 3.05) is 5.32 Å². The predicted molar refractivity (Wildman–Crippen MR) is 64.0 cm³/mol. The van der Waals surface area contributed by atoms with E-state index in [2.05, 4.69) is 5.32 Å². The van der Waals surface area contributed by atoms with Gasteiger partial charge in [-0.3, -0.25) is 0 Å². The van der Waals surface area contributed by atoms with Crippen LogP contribution in [0.15, 0.2) is 28.7 Å². The number of hydrogen-bond donors (Lipinski definition) is 2. The quantitative estimate of drug-likeness (QED) is 0.843. The lowest BCUT2D eigenvalue weighted by atomic mass is 10.2. The molecule has 0 fully saturated rings. The molecule has 2 N–H and O–H groups in total. The molecule has 0 bridgehead atoms. The SMILES string of the molecule is CC(Nc1cc(F)c(F)c(F)c1)c1ccc(C(=O)O)o1. The first-order valence-corrected chi connectivity index (χ1v) is 5.62. The van der Waals surface area contributed by atoms with Crippen LogP contribution < -0.4 is 5.32 Å². The van der Waals surface area contributed by atoms with Crippen LogP contribution in [0.3, 0.4) is 0 Å². The van der Waals surface area contributed by atoms with Crippen molar-refractivity contribution in [2.24, 2.45) is 0 Å². The Morgan fingerprint density at radius 1 is 1.25 bits per heavy atom. The molecule has 7 heteroatoms. The number of benzene rings is 1. The first-order chi connectivity index (χ1) is 9.38. The second kappa shape index (κ2) is 5.28. The number of carboxylic acid groups (broad SMARTS) is 1. The van der Waals surface area contributed by atoms with Crippen LogP contribution in [0.25, 0.3) is 0 Å². The number of anilines is 1. The zero-order chi connectivity index (χ0) is 14.9. The van der Waals surface area contributed by atoms with Crippen molar-refractivity contribution in [3.05, 3.63) is 53.2 Å². The predicted octanol–water partition coefficient (Wildman–Crippen LogP) is 3.57. The number of rotatable bonds is 4. The Bertz CT molecular complexity index is 631. The standard InChI is InChI=1S/C13H10F3NO3/c1-6(10-2-3-11(20-10)13(18)19)17-7-4-8(14)12(16)9(15)5-7/h2-6,17H,1H3,(H,18,19).